The van der Waals surface area contributed by atoms with Crippen molar-refractivity contribution >= 4 is 0 Å². The number of hydrogen-bond donors (Lipinski definition) is 0. The molecule has 30 valence electrons. The van der Waals surface area contributed by atoms with Gasteiger partial charge in [0.15, 0.2) is 0 Å². The molecule has 0 amide bonds. The molecule has 0 heterocycles. The molecule has 5 heavy (non-hydrogen) atoms. The van der Waals surface area contributed by atoms with Crippen LogP contribution >= 0.6 is 0 Å². The van der Waals surface area contributed by atoms with Crippen molar-refractivity contribution in [2.75, 3.05) is 0 Å². The maximum Gasteiger partial charge on any atom is 0.0276 e. The number of hydrogen-bond acceptors (Lipinski definition) is 0. The summed E-state index contributed by atoms with van der Waals surface area (Å²) in [5.74, 6) is 0. The highest BCUT2D eigenvalue weighted by Crippen LogP contribution is 1.82. The summed E-state index contributed by atoms with van der Waals surface area (Å²) in [6.45, 7) is 4.34. The molecule has 0 aliphatic carbocycles. The van der Waals surface area contributed by atoms with Gasteiger partial charge in [0.2, 0.25) is 0 Å². The maximum atomic E-state index is 6.74. The van der Waals surface area contributed by atoms with E-state index in [4.69, 9.17) is 1.37 Å². The van der Waals surface area contributed by atoms with Crippen LogP contribution in [0.25, 0.3) is 0 Å². The molecule has 0 atom stereocenters. The summed E-state index contributed by atoms with van der Waals surface area (Å²) < 4.78 is 6.74. The highest BCUT2D eigenvalue weighted by atomic mass is 13.7. The molecular weight excluding hydrogens is 60.1 g/mol. The van der Waals surface area contributed by atoms with Crippen LogP contribution < -0.4 is 0 Å². The zero-order valence-corrected chi connectivity index (χ0v) is 3.78. The Morgan fingerprint density at radius 2 is 2.60 bits per heavy atom. The molecule has 0 saturated heterocycles. The van der Waals surface area contributed by atoms with Crippen molar-refractivity contribution in [3.05, 3.63) is 11.6 Å². The second-order valence-corrected chi connectivity index (χ2v) is 1.14. The molecule has 0 heteroatoms. The van der Waals surface area contributed by atoms with Crippen molar-refractivity contribution < 1.29 is 1.37 Å². The van der Waals surface area contributed by atoms with Gasteiger partial charge >= 0.3 is 0 Å². The van der Waals surface area contributed by atoms with Gasteiger partial charge in [-0.2, -0.15) is 0 Å². The minimum atomic E-state index is 0.441. The fourth-order valence-corrected chi connectivity index (χ4v) is 0. The lowest BCUT2D eigenvalue weighted by atomic mass is 10.3. The summed E-state index contributed by atoms with van der Waals surface area (Å²) in [6, 6.07) is 0. The zero-order chi connectivity index (χ0) is 4.99. The number of allylic oxidation sites excluding steroid dienone is 2. The third-order valence-corrected chi connectivity index (χ3v) is 0.493. The highest BCUT2D eigenvalue weighted by molar-refractivity contribution is 4.88. The van der Waals surface area contributed by atoms with Crippen molar-refractivity contribution in [2.24, 2.45) is 0 Å². The van der Waals surface area contributed by atoms with Gasteiger partial charge in [-0.25, -0.2) is 0 Å². The van der Waals surface area contributed by atoms with Crippen LogP contribution in [0, 0.1) is 0 Å². The summed E-state index contributed by atoms with van der Waals surface area (Å²) in [5.41, 5.74) is 1.13. The van der Waals surface area contributed by atoms with Crippen molar-refractivity contribution in [2.45, 2.75) is 20.7 Å². The molecule has 0 fully saturated rings. The molecule has 0 aromatic rings. The van der Waals surface area contributed by atoms with Crippen LogP contribution in [0.2, 0.25) is 0 Å². The lowest BCUT2D eigenvalue weighted by molar-refractivity contribution is 1.36. The van der Waals surface area contributed by atoms with Crippen LogP contribution in [-0.2, 0) is 0 Å². The molecule has 0 aromatic heterocycles. The predicted octanol–water partition coefficient (Wildman–Crippen LogP) is 1.97. The predicted molar refractivity (Wildman–Crippen MR) is 25.1 cm³/mol. The summed E-state index contributed by atoms with van der Waals surface area (Å²) in [5, 5.41) is 0. The molecule has 0 unspecified atom stereocenters. The quantitative estimate of drug-likeness (QED) is 0.383. The minimum absolute atomic E-state index is 0.441. The summed E-state index contributed by atoms with van der Waals surface area (Å²) in [7, 11) is 0. The summed E-state index contributed by atoms with van der Waals surface area (Å²) in [4.78, 5) is 0. The van der Waals surface area contributed by atoms with E-state index >= 15 is 0 Å². The lowest BCUT2D eigenvalue weighted by Crippen LogP contribution is -1.52. The van der Waals surface area contributed by atoms with Crippen molar-refractivity contribution in [3.63, 3.8) is 0 Å². The summed E-state index contributed by atoms with van der Waals surface area (Å²) in [6.07, 6.45) is 1.95. The van der Waals surface area contributed by atoms with E-state index in [1.165, 1.54) is 0 Å². The van der Waals surface area contributed by atoms with E-state index in [0.29, 0.717) is 6.90 Å². The average molecular weight is 71.1 g/mol. The van der Waals surface area contributed by atoms with E-state index in [-0.39, 0.29) is 0 Å². The molecule has 0 rings (SSSR count). The molecule has 0 N–H and O–H groups in total. The van der Waals surface area contributed by atoms with Gasteiger partial charge in [0.1, 0.15) is 0 Å². The Kier molecular flexibility index (Phi) is 1.18. The molecule has 0 saturated carbocycles. The fourth-order valence-electron chi connectivity index (χ4n) is 0. The van der Waals surface area contributed by atoms with Gasteiger partial charge in [-0.05, 0) is 20.7 Å². The van der Waals surface area contributed by atoms with Crippen LogP contribution in [-0.4, -0.2) is 0 Å². The molecule has 0 aliphatic heterocycles. The van der Waals surface area contributed by atoms with E-state index in [1.54, 1.807) is 0 Å². The highest BCUT2D eigenvalue weighted by Gasteiger charge is 1.60. The molecule has 0 spiro atoms. The lowest BCUT2D eigenvalue weighted by Gasteiger charge is -1.74. The van der Waals surface area contributed by atoms with Crippen LogP contribution in [0.4, 0.5) is 0 Å². The van der Waals surface area contributed by atoms with Crippen LogP contribution in [0.15, 0.2) is 11.6 Å². The third kappa shape index (κ3) is 3.74. The standard InChI is InChI=1S/C5H10/c1-4-5(2)3/h4H,1-3H3/i2D/b5-4-. The van der Waals surface area contributed by atoms with Crippen LogP contribution in [0.1, 0.15) is 22.1 Å². The molecule has 0 aliphatic rings. The van der Waals surface area contributed by atoms with E-state index < -0.39 is 0 Å². The van der Waals surface area contributed by atoms with Crippen LogP contribution in [0.5, 0.6) is 0 Å². The smallest absolute Gasteiger partial charge is 0.0276 e. The van der Waals surface area contributed by atoms with Gasteiger partial charge in [0, 0.05) is 1.37 Å². The maximum absolute atomic E-state index is 6.74. The van der Waals surface area contributed by atoms with Crippen LogP contribution in [0.3, 0.4) is 0 Å². The Labute approximate surface area is 34.9 Å². The Morgan fingerprint density at radius 3 is 2.60 bits per heavy atom. The molecule has 0 bridgehead atoms. The second kappa shape index (κ2) is 2.01. The molecular formula is C5H10. The van der Waals surface area contributed by atoms with Gasteiger partial charge in [-0.15, -0.1) is 0 Å². The Bertz CT molecular complexity index is 55.0. The fraction of sp³-hybridized carbons (Fsp3) is 0.600. The minimum Gasteiger partial charge on any atom is -0.0890 e. The Hall–Kier alpha value is -0.260. The second-order valence-electron chi connectivity index (χ2n) is 1.14. The van der Waals surface area contributed by atoms with Crippen molar-refractivity contribution in [1.29, 1.82) is 0 Å². The summed E-state index contributed by atoms with van der Waals surface area (Å²) >= 11 is 0. The molecule has 0 aromatic carbocycles. The zero-order valence-electron chi connectivity index (χ0n) is 4.78. The first-order valence-corrected chi connectivity index (χ1v) is 1.72. The first-order chi connectivity index (χ1) is 2.81. The molecule has 0 nitrogen and oxygen atoms in total. The van der Waals surface area contributed by atoms with Gasteiger partial charge in [-0.1, -0.05) is 11.6 Å². The van der Waals surface area contributed by atoms with Crippen molar-refractivity contribution in [1.82, 2.24) is 0 Å². The average Bonchev–Trinajstić information content (AvgIpc) is 1.65. The normalized spacial score (nSPS) is 14.8. The molecule has 0 radical (unpaired) electrons. The largest absolute Gasteiger partial charge is 0.0890 e. The van der Waals surface area contributed by atoms with E-state index in [1.807, 2.05) is 19.9 Å². The van der Waals surface area contributed by atoms with Gasteiger partial charge in [0.05, 0.1) is 0 Å². The first kappa shape index (κ1) is 2.95. The third-order valence-electron chi connectivity index (χ3n) is 0.493. The van der Waals surface area contributed by atoms with Gasteiger partial charge in [-0.3, -0.25) is 0 Å². The SMILES string of the molecule is [2H]C/C(C)=C/C. The topological polar surface area (TPSA) is 0 Å². The Morgan fingerprint density at radius 1 is 2.00 bits per heavy atom. The monoisotopic (exact) mass is 71.1 g/mol. The van der Waals surface area contributed by atoms with Gasteiger partial charge in [0.25, 0.3) is 0 Å². The van der Waals surface area contributed by atoms with E-state index in [9.17, 15) is 0 Å². The van der Waals surface area contributed by atoms with E-state index in [2.05, 4.69) is 0 Å². The van der Waals surface area contributed by atoms with E-state index in [0.717, 1.165) is 5.57 Å². The number of rotatable bonds is 0. The Balaban J connectivity index is 3.22. The van der Waals surface area contributed by atoms with Crippen molar-refractivity contribution in [3.8, 4) is 0 Å². The van der Waals surface area contributed by atoms with Gasteiger partial charge < -0.3 is 0 Å². The first-order valence-electron chi connectivity index (χ1n) is 2.43.